The lowest BCUT2D eigenvalue weighted by Crippen LogP contribution is -2.26. The van der Waals surface area contributed by atoms with Crippen LogP contribution in [0.5, 0.6) is 5.88 Å². The zero-order valence-electron chi connectivity index (χ0n) is 16.0. The van der Waals surface area contributed by atoms with E-state index in [1.54, 1.807) is 36.8 Å². The van der Waals surface area contributed by atoms with E-state index in [4.69, 9.17) is 9.47 Å². The fourth-order valence-corrected chi connectivity index (χ4v) is 3.28. The summed E-state index contributed by atoms with van der Waals surface area (Å²) in [6, 6.07) is 11.7. The SMILES string of the molecule is COCCOc1ncccc1C(=O)NCCc1ccc(-c2csc(C)n2)cc1. The number of benzene rings is 1. The fraction of sp³-hybridized carbons (Fsp3) is 0.286. The normalized spacial score (nSPS) is 10.6. The summed E-state index contributed by atoms with van der Waals surface area (Å²) in [5, 5.41) is 6.05. The number of aryl methyl sites for hydroxylation is 1. The van der Waals surface area contributed by atoms with Crippen LogP contribution in [0.1, 0.15) is 20.9 Å². The number of nitrogens with one attached hydrogen (secondary N) is 1. The highest BCUT2D eigenvalue weighted by molar-refractivity contribution is 7.09. The van der Waals surface area contributed by atoms with E-state index in [-0.39, 0.29) is 5.91 Å². The number of methoxy groups -OCH3 is 1. The van der Waals surface area contributed by atoms with E-state index in [2.05, 4.69) is 44.9 Å². The molecule has 0 aliphatic carbocycles. The van der Waals surface area contributed by atoms with Crippen LogP contribution in [0, 0.1) is 6.92 Å². The number of amides is 1. The lowest BCUT2D eigenvalue weighted by atomic mass is 10.1. The van der Waals surface area contributed by atoms with E-state index in [1.807, 2.05) is 6.92 Å². The van der Waals surface area contributed by atoms with E-state index in [9.17, 15) is 4.79 Å². The Balaban J connectivity index is 1.53. The van der Waals surface area contributed by atoms with Crippen molar-refractivity contribution in [1.29, 1.82) is 0 Å². The van der Waals surface area contributed by atoms with Gasteiger partial charge in [0.25, 0.3) is 5.91 Å². The summed E-state index contributed by atoms with van der Waals surface area (Å²) in [6.07, 6.45) is 2.34. The van der Waals surface area contributed by atoms with Gasteiger partial charge in [-0.05, 0) is 31.0 Å². The Morgan fingerprint density at radius 2 is 2.00 bits per heavy atom. The van der Waals surface area contributed by atoms with Gasteiger partial charge in [0.05, 0.1) is 17.3 Å². The Bertz CT molecular complexity index is 909. The van der Waals surface area contributed by atoms with E-state index in [0.717, 1.165) is 28.2 Å². The Morgan fingerprint density at radius 1 is 1.18 bits per heavy atom. The fourth-order valence-electron chi connectivity index (χ4n) is 2.65. The number of ether oxygens (including phenoxy) is 2. The zero-order valence-corrected chi connectivity index (χ0v) is 16.8. The van der Waals surface area contributed by atoms with Crippen LogP contribution in [-0.4, -0.2) is 42.7 Å². The number of carbonyl (C=O) groups excluding carboxylic acids is 1. The first-order valence-electron chi connectivity index (χ1n) is 9.04. The van der Waals surface area contributed by atoms with Crippen LogP contribution in [0.25, 0.3) is 11.3 Å². The quantitative estimate of drug-likeness (QED) is 0.560. The van der Waals surface area contributed by atoms with Gasteiger partial charge in [0.2, 0.25) is 5.88 Å². The lowest BCUT2D eigenvalue weighted by molar-refractivity contribution is 0.0944. The summed E-state index contributed by atoms with van der Waals surface area (Å²) < 4.78 is 10.5. The van der Waals surface area contributed by atoms with Crippen molar-refractivity contribution >= 4 is 17.2 Å². The second kappa shape index (κ2) is 9.96. The first-order chi connectivity index (χ1) is 13.7. The van der Waals surface area contributed by atoms with Crippen LogP contribution in [0.2, 0.25) is 0 Å². The van der Waals surface area contributed by atoms with Gasteiger partial charge in [-0.3, -0.25) is 4.79 Å². The standard InChI is InChI=1S/C21H23N3O3S/c1-15-24-19(14-28-15)17-7-5-16(6-8-17)9-11-22-20(25)18-4-3-10-23-21(18)27-13-12-26-2/h3-8,10,14H,9,11-13H2,1-2H3,(H,22,25). The maximum absolute atomic E-state index is 12.5. The minimum atomic E-state index is -0.199. The molecule has 3 rings (SSSR count). The molecular formula is C21H23N3O3S. The Hall–Kier alpha value is -2.77. The highest BCUT2D eigenvalue weighted by Gasteiger charge is 2.13. The Morgan fingerprint density at radius 3 is 2.71 bits per heavy atom. The summed E-state index contributed by atoms with van der Waals surface area (Å²) in [5.74, 6) is 0.120. The van der Waals surface area contributed by atoms with Gasteiger partial charge in [-0.15, -0.1) is 11.3 Å². The van der Waals surface area contributed by atoms with Crippen molar-refractivity contribution in [1.82, 2.24) is 15.3 Å². The average Bonchev–Trinajstić information content (AvgIpc) is 3.15. The van der Waals surface area contributed by atoms with Crippen molar-refractivity contribution in [3.8, 4) is 17.1 Å². The Labute approximate surface area is 168 Å². The molecule has 0 spiro atoms. The lowest BCUT2D eigenvalue weighted by Gasteiger charge is -2.10. The number of hydrogen-bond acceptors (Lipinski definition) is 6. The van der Waals surface area contributed by atoms with Crippen LogP contribution in [0.15, 0.2) is 48.0 Å². The first-order valence-corrected chi connectivity index (χ1v) is 9.91. The molecular weight excluding hydrogens is 374 g/mol. The molecule has 28 heavy (non-hydrogen) atoms. The highest BCUT2D eigenvalue weighted by atomic mass is 32.1. The van der Waals surface area contributed by atoms with Gasteiger partial charge in [0, 0.05) is 30.8 Å². The largest absolute Gasteiger partial charge is 0.475 e. The first kappa shape index (κ1) is 20.0. The number of aromatic nitrogens is 2. The third-order valence-corrected chi connectivity index (χ3v) is 4.88. The molecule has 7 heteroatoms. The smallest absolute Gasteiger partial charge is 0.256 e. The van der Waals surface area contributed by atoms with Crippen molar-refractivity contribution in [2.75, 3.05) is 26.9 Å². The molecule has 1 N–H and O–H groups in total. The van der Waals surface area contributed by atoms with Crippen molar-refractivity contribution in [3.05, 3.63) is 64.1 Å². The molecule has 0 aliphatic heterocycles. The van der Waals surface area contributed by atoms with E-state index >= 15 is 0 Å². The summed E-state index contributed by atoms with van der Waals surface area (Å²) in [7, 11) is 1.60. The summed E-state index contributed by atoms with van der Waals surface area (Å²) in [6.45, 7) is 3.31. The van der Waals surface area contributed by atoms with Crippen molar-refractivity contribution < 1.29 is 14.3 Å². The van der Waals surface area contributed by atoms with Crippen LogP contribution in [0.4, 0.5) is 0 Å². The molecule has 0 fully saturated rings. The summed E-state index contributed by atoms with van der Waals surface area (Å²) in [4.78, 5) is 21.1. The van der Waals surface area contributed by atoms with Crippen LogP contribution in [-0.2, 0) is 11.2 Å². The highest BCUT2D eigenvalue weighted by Crippen LogP contribution is 2.22. The summed E-state index contributed by atoms with van der Waals surface area (Å²) in [5.41, 5.74) is 3.68. The molecule has 2 aromatic heterocycles. The van der Waals surface area contributed by atoms with Crippen LogP contribution in [0.3, 0.4) is 0 Å². The molecule has 3 aromatic rings. The predicted molar refractivity (Wildman–Crippen MR) is 110 cm³/mol. The molecule has 146 valence electrons. The van der Waals surface area contributed by atoms with Gasteiger partial charge in [-0.25, -0.2) is 9.97 Å². The van der Waals surface area contributed by atoms with Gasteiger partial charge < -0.3 is 14.8 Å². The Kier molecular flexibility index (Phi) is 7.11. The molecule has 2 heterocycles. The molecule has 0 unspecified atom stereocenters. The molecule has 1 amide bonds. The maximum atomic E-state index is 12.5. The molecule has 0 radical (unpaired) electrons. The number of rotatable bonds is 9. The van der Waals surface area contributed by atoms with Crippen LogP contribution < -0.4 is 10.1 Å². The molecule has 0 aliphatic rings. The monoisotopic (exact) mass is 397 g/mol. The molecule has 0 atom stereocenters. The maximum Gasteiger partial charge on any atom is 0.256 e. The molecule has 0 saturated heterocycles. The second-order valence-electron chi connectivity index (χ2n) is 6.15. The topological polar surface area (TPSA) is 73.3 Å². The number of hydrogen-bond donors (Lipinski definition) is 1. The number of nitrogens with zero attached hydrogens (tertiary/aromatic N) is 2. The number of pyridine rings is 1. The molecule has 6 nitrogen and oxygen atoms in total. The van der Waals surface area contributed by atoms with Crippen LogP contribution >= 0.6 is 11.3 Å². The van der Waals surface area contributed by atoms with Gasteiger partial charge in [-0.2, -0.15) is 0 Å². The molecule has 1 aromatic carbocycles. The van der Waals surface area contributed by atoms with Crippen molar-refractivity contribution in [2.45, 2.75) is 13.3 Å². The van der Waals surface area contributed by atoms with E-state index in [0.29, 0.717) is 31.2 Å². The van der Waals surface area contributed by atoms with Crippen molar-refractivity contribution in [2.24, 2.45) is 0 Å². The van der Waals surface area contributed by atoms with Gasteiger partial charge in [0.1, 0.15) is 12.2 Å². The zero-order chi connectivity index (χ0) is 19.8. The predicted octanol–water partition coefficient (Wildman–Crippen LogP) is 3.51. The third kappa shape index (κ3) is 5.37. The van der Waals surface area contributed by atoms with Gasteiger partial charge in [0.15, 0.2) is 0 Å². The minimum absolute atomic E-state index is 0.199. The van der Waals surface area contributed by atoms with Gasteiger partial charge >= 0.3 is 0 Å². The van der Waals surface area contributed by atoms with E-state index in [1.165, 1.54) is 0 Å². The van der Waals surface area contributed by atoms with Crippen molar-refractivity contribution in [3.63, 3.8) is 0 Å². The number of carbonyl (C=O) groups is 1. The summed E-state index contributed by atoms with van der Waals surface area (Å²) >= 11 is 1.64. The molecule has 0 saturated carbocycles. The number of thiazole rings is 1. The molecule has 0 bridgehead atoms. The average molecular weight is 398 g/mol. The minimum Gasteiger partial charge on any atom is -0.475 e. The van der Waals surface area contributed by atoms with Gasteiger partial charge in [-0.1, -0.05) is 24.3 Å². The van der Waals surface area contributed by atoms with E-state index < -0.39 is 0 Å². The third-order valence-electron chi connectivity index (χ3n) is 4.11. The second-order valence-corrected chi connectivity index (χ2v) is 7.21.